The van der Waals surface area contributed by atoms with Crippen molar-refractivity contribution in [2.75, 3.05) is 12.8 Å². The number of rotatable bonds is 3. The maximum Gasteiger partial charge on any atom is 1.00 e. The number of aliphatic hydroxyl groups is 4. The molecule has 1 aliphatic rings. The van der Waals surface area contributed by atoms with E-state index in [1.807, 2.05) is 0 Å². The number of hydrogen-bond donors (Lipinski definition) is 4. The van der Waals surface area contributed by atoms with Gasteiger partial charge in [0.1, 0.15) is 24.4 Å². The third-order valence-corrected chi connectivity index (χ3v) is 3.20. The van der Waals surface area contributed by atoms with E-state index in [1.54, 1.807) is 0 Å². The van der Waals surface area contributed by atoms with Gasteiger partial charge in [0.15, 0.2) is 0 Å². The molecule has 0 amide bonds. The molecule has 1 heterocycles. The van der Waals surface area contributed by atoms with Crippen LogP contribution in [0.5, 0.6) is 0 Å². The average molecular weight is 302 g/mol. The molecular weight excluding hydrogens is 289 g/mol. The third kappa shape index (κ3) is 6.15. The van der Waals surface area contributed by atoms with Gasteiger partial charge in [-0.3, -0.25) is 0 Å². The molecule has 4 N–H and O–H groups in total. The van der Waals surface area contributed by atoms with E-state index in [1.165, 1.54) is 0 Å². The summed E-state index contributed by atoms with van der Waals surface area (Å²) >= 11 is 0. The molecule has 11 heteroatoms. The minimum Gasteiger partial charge on any atom is -0.811 e. The van der Waals surface area contributed by atoms with Crippen LogP contribution in [0.3, 0.4) is 0 Å². The smallest absolute Gasteiger partial charge is 0.811 e. The van der Waals surface area contributed by atoms with E-state index in [4.69, 9.17) is 9.84 Å². The quantitative estimate of drug-likeness (QED) is 0.296. The molecule has 18 heavy (non-hydrogen) atoms. The van der Waals surface area contributed by atoms with Crippen molar-refractivity contribution in [1.82, 2.24) is 0 Å². The summed E-state index contributed by atoms with van der Waals surface area (Å²) in [5, 5.41) is 36.8. The molecule has 0 aromatic carbocycles. The zero-order valence-electron chi connectivity index (χ0n) is 10.2. The van der Waals surface area contributed by atoms with Crippen molar-refractivity contribution in [2.45, 2.75) is 30.5 Å². The molecule has 5 unspecified atom stereocenters. The zero-order valence-corrected chi connectivity index (χ0v) is 15.1. The molecule has 0 aliphatic carbocycles. The van der Waals surface area contributed by atoms with Gasteiger partial charge in [-0.1, -0.05) is 7.60 Å². The summed E-state index contributed by atoms with van der Waals surface area (Å²) in [4.78, 5) is 21.0. The van der Waals surface area contributed by atoms with Gasteiger partial charge in [-0.2, -0.15) is 0 Å². The Hall–Kier alpha value is 1.95. The second-order valence-electron chi connectivity index (χ2n) is 3.66. The van der Waals surface area contributed by atoms with E-state index in [0.29, 0.717) is 0 Å². The first-order valence-electron chi connectivity index (χ1n) is 4.58. The zero-order chi connectivity index (χ0) is 12.5. The van der Waals surface area contributed by atoms with Gasteiger partial charge < -0.3 is 39.5 Å². The fraction of sp³-hybridized carbons (Fsp3) is 1.00. The Labute approximate surface area is 148 Å². The van der Waals surface area contributed by atoms with E-state index >= 15 is 0 Å². The van der Waals surface area contributed by atoms with Crippen LogP contribution in [0.15, 0.2) is 0 Å². The third-order valence-electron chi connectivity index (χ3n) is 2.39. The second-order valence-corrected chi connectivity index (χ2v) is 5.25. The van der Waals surface area contributed by atoms with E-state index in [2.05, 4.69) is 0 Å². The van der Waals surface area contributed by atoms with Crippen LogP contribution in [0.2, 0.25) is 0 Å². The normalized spacial score (nSPS) is 36.4. The summed E-state index contributed by atoms with van der Waals surface area (Å²) in [6.45, 7) is -0.663. The van der Waals surface area contributed by atoms with Crippen molar-refractivity contribution in [2.24, 2.45) is 0 Å². The molecule has 0 aromatic heterocycles. The first-order valence-corrected chi connectivity index (χ1v) is 6.30. The summed E-state index contributed by atoms with van der Waals surface area (Å²) in [6.07, 6.45) is -8.56. The Balaban J connectivity index is 0. The summed E-state index contributed by atoms with van der Waals surface area (Å²) in [5.41, 5.74) is 0. The van der Waals surface area contributed by atoms with Crippen molar-refractivity contribution in [3.05, 3.63) is 0 Å². The summed E-state index contributed by atoms with van der Waals surface area (Å²) in [5.74, 6) is 0. The van der Waals surface area contributed by atoms with E-state index < -0.39 is 50.9 Å². The molecule has 1 rings (SSSR count). The molecule has 0 bridgehead atoms. The van der Waals surface area contributed by atoms with Gasteiger partial charge >= 0.3 is 59.1 Å². The Morgan fingerprint density at radius 1 is 1.00 bits per heavy atom. The van der Waals surface area contributed by atoms with Gasteiger partial charge in [0.2, 0.25) is 0 Å². The minimum atomic E-state index is -4.91. The molecule has 1 aliphatic heterocycles. The maximum atomic E-state index is 10.5. The molecule has 5 atom stereocenters. The standard InChI is InChI=1S/C7H15O8P.2Na/c8-1-3-5(9)7(11)6(10)4(15-3)2-16(12,13)14;;/h3-11H,1-2H2,(H2,12,13,14);;/q;2*+1/p-2. The molecule has 8 nitrogen and oxygen atoms in total. The monoisotopic (exact) mass is 302 g/mol. The van der Waals surface area contributed by atoms with Crippen LogP contribution in [0.4, 0.5) is 0 Å². The van der Waals surface area contributed by atoms with Gasteiger partial charge in [0, 0.05) is 6.16 Å². The molecular formula is C7H13Na2O8P. The van der Waals surface area contributed by atoms with E-state index in [9.17, 15) is 29.7 Å². The van der Waals surface area contributed by atoms with Gasteiger partial charge in [0.05, 0.1) is 12.7 Å². The first-order chi connectivity index (χ1) is 7.26. The predicted molar refractivity (Wildman–Crippen MR) is 46.2 cm³/mol. The first kappa shape index (κ1) is 22.2. The number of ether oxygens (including phenoxy) is 1. The topological polar surface area (TPSA) is 153 Å². The Kier molecular flexibility index (Phi) is 11.2. The van der Waals surface area contributed by atoms with Crippen molar-refractivity contribution in [1.29, 1.82) is 0 Å². The van der Waals surface area contributed by atoms with Gasteiger partial charge in [-0.15, -0.1) is 0 Å². The molecule has 1 saturated heterocycles. The van der Waals surface area contributed by atoms with Crippen LogP contribution in [0.25, 0.3) is 0 Å². The minimum absolute atomic E-state index is 0. The summed E-state index contributed by atoms with van der Waals surface area (Å²) in [6, 6.07) is 0. The summed E-state index contributed by atoms with van der Waals surface area (Å²) < 4.78 is 15.3. The predicted octanol–water partition coefficient (Wildman–Crippen LogP) is -10.2. The SMILES string of the molecule is O=P([O-])([O-])CC1OC(CO)C(O)C(O)C1O.[Na+].[Na+]. The van der Waals surface area contributed by atoms with Crippen LogP contribution in [0, 0.1) is 0 Å². The molecule has 96 valence electrons. The van der Waals surface area contributed by atoms with Crippen LogP contribution < -0.4 is 68.9 Å². The molecule has 0 radical (unpaired) electrons. The average Bonchev–Trinajstić information content (AvgIpc) is 2.17. The second kappa shape index (κ2) is 9.07. The van der Waals surface area contributed by atoms with Crippen molar-refractivity contribution >= 4 is 7.60 Å². The van der Waals surface area contributed by atoms with E-state index in [0.717, 1.165) is 0 Å². The van der Waals surface area contributed by atoms with Crippen LogP contribution in [-0.4, -0.2) is 63.7 Å². The largest absolute Gasteiger partial charge is 1.00 e. The fourth-order valence-electron chi connectivity index (χ4n) is 1.55. The number of aliphatic hydroxyl groups excluding tert-OH is 4. The molecule has 1 fully saturated rings. The molecule has 0 aromatic rings. The Morgan fingerprint density at radius 2 is 1.44 bits per heavy atom. The molecule has 0 spiro atoms. The maximum absolute atomic E-state index is 10.5. The van der Waals surface area contributed by atoms with Crippen molar-refractivity contribution in [3.8, 4) is 0 Å². The van der Waals surface area contributed by atoms with Crippen LogP contribution in [0.1, 0.15) is 0 Å². The van der Waals surface area contributed by atoms with Crippen LogP contribution in [-0.2, 0) is 9.30 Å². The van der Waals surface area contributed by atoms with Crippen LogP contribution >= 0.6 is 7.60 Å². The Morgan fingerprint density at radius 3 is 1.83 bits per heavy atom. The fourth-order valence-corrected chi connectivity index (χ4v) is 2.29. The van der Waals surface area contributed by atoms with Gasteiger partial charge in [-0.05, 0) is 0 Å². The van der Waals surface area contributed by atoms with Crippen molar-refractivity contribution in [3.63, 3.8) is 0 Å². The van der Waals surface area contributed by atoms with Crippen molar-refractivity contribution < 1.29 is 98.6 Å². The van der Waals surface area contributed by atoms with Gasteiger partial charge in [0.25, 0.3) is 0 Å². The van der Waals surface area contributed by atoms with Gasteiger partial charge in [-0.25, -0.2) is 0 Å². The number of hydrogen-bond acceptors (Lipinski definition) is 8. The van der Waals surface area contributed by atoms with E-state index in [-0.39, 0.29) is 59.1 Å². The summed E-state index contributed by atoms with van der Waals surface area (Å²) in [7, 11) is -4.91. The Bertz CT molecular complexity index is 285. The molecule has 0 saturated carbocycles.